The molecule has 0 amide bonds. The van der Waals surface area contributed by atoms with Gasteiger partial charge in [0.15, 0.2) is 0 Å². The van der Waals surface area contributed by atoms with Gasteiger partial charge in [-0.25, -0.2) is 0 Å². The zero-order valence-corrected chi connectivity index (χ0v) is 11.5. The summed E-state index contributed by atoms with van der Waals surface area (Å²) in [5, 5.41) is 0. The molecule has 1 fully saturated rings. The van der Waals surface area contributed by atoms with Crippen LogP contribution in [0.4, 0.5) is 0 Å². The van der Waals surface area contributed by atoms with Crippen LogP contribution in [0.15, 0.2) is 0 Å². The van der Waals surface area contributed by atoms with E-state index < -0.39 is 0 Å². The van der Waals surface area contributed by atoms with Crippen molar-refractivity contribution in [2.24, 2.45) is 0 Å². The predicted octanol–water partition coefficient (Wildman–Crippen LogP) is 3.66. The van der Waals surface area contributed by atoms with E-state index in [1.54, 1.807) is 0 Å². The van der Waals surface area contributed by atoms with Crippen molar-refractivity contribution in [1.29, 1.82) is 0 Å². The zero-order valence-electron chi connectivity index (χ0n) is 11.5. The summed E-state index contributed by atoms with van der Waals surface area (Å²) in [5.41, 5.74) is 0. The lowest BCUT2D eigenvalue weighted by Crippen LogP contribution is -2.36. The van der Waals surface area contributed by atoms with Gasteiger partial charge in [-0.15, -0.1) is 0 Å². The number of rotatable bonds is 10. The second-order valence-corrected chi connectivity index (χ2v) is 5.14. The van der Waals surface area contributed by atoms with Gasteiger partial charge in [-0.05, 0) is 13.0 Å². The molecule has 1 heterocycles. The Kier molecular flexibility index (Phi) is 9.72. The van der Waals surface area contributed by atoms with Gasteiger partial charge in [-0.3, -0.25) is 4.90 Å². The van der Waals surface area contributed by atoms with Crippen LogP contribution < -0.4 is 0 Å². The first kappa shape index (κ1) is 15.0. The molecule has 0 N–H and O–H groups in total. The van der Waals surface area contributed by atoms with Crippen LogP contribution in [0.25, 0.3) is 0 Å². The quantitative estimate of drug-likeness (QED) is 0.540. The minimum Gasteiger partial charge on any atom is -0.379 e. The Morgan fingerprint density at radius 1 is 0.765 bits per heavy atom. The lowest BCUT2D eigenvalue weighted by molar-refractivity contribution is 0.0371. The lowest BCUT2D eigenvalue weighted by Gasteiger charge is -2.26. The van der Waals surface area contributed by atoms with Crippen molar-refractivity contribution in [2.45, 2.75) is 57.8 Å². The van der Waals surface area contributed by atoms with Gasteiger partial charge in [0.25, 0.3) is 0 Å². The first-order valence-corrected chi connectivity index (χ1v) is 7.53. The average molecular weight is 240 g/mol. The highest BCUT2D eigenvalue weighted by Gasteiger charge is 2.08. The van der Waals surface area contributed by atoms with Gasteiger partial charge >= 0.3 is 0 Å². The number of hydrogen-bond donors (Lipinski definition) is 0. The number of nitrogens with zero attached hydrogens (tertiary/aromatic N) is 1. The van der Waals surface area contributed by atoms with Gasteiger partial charge in [0.05, 0.1) is 13.2 Å². The van der Waals surface area contributed by atoms with E-state index in [1.165, 1.54) is 57.9 Å². The number of unbranched alkanes of at least 4 members (excludes halogenated alkanes) is 8. The molecule has 0 atom stereocenters. The third-order valence-corrected chi connectivity index (χ3v) is 3.58. The summed E-state index contributed by atoms with van der Waals surface area (Å²) < 4.78 is 5.35. The van der Waals surface area contributed by atoms with E-state index in [9.17, 15) is 0 Å². The molecule has 1 aliphatic rings. The van der Waals surface area contributed by atoms with Crippen LogP contribution in [-0.4, -0.2) is 37.7 Å². The Labute approximate surface area is 108 Å². The highest BCUT2D eigenvalue weighted by atomic mass is 16.5. The number of hydrogen-bond acceptors (Lipinski definition) is 2. The van der Waals surface area contributed by atoms with E-state index in [1.807, 2.05) is 0 Å². The van der Waals surface area contributed by atoms with Crippen LogP contribution in [0.1, 0.15) is 57.8 Å². The summed E-state index contributed by atoms with van der Waals surface area (Å²) in [6.07, 6.45) is 12.3. The minimum absolute atomic E-state index is 0.937. The maximum Gasteiger partial charge on any atom is 0.0594 e. The van der Waals surface area contributed by atoms with Crippen molar-refractivity contribution in [3.8, 4) is 0 Å². The number of morpholine rings is 1. The molecule has 0 aromatic heterocycles. The standard InChI is InChI=1S/C15H30NO/c1-2-3-4-5-6-7-8-9-10-11-16-12-14-17-15-13-16/h1-15H2. The third-order valence-electron chi connectivity index (χ3n) is 3.58. The van der Waals surface area contributed by atoms with E-state index in [2.05, 4.69) is 11.8 Å². The zero-order chi connectivity index (χ0) is 12.2. The van der Waals surface area contributed by atoms with E-state index in [0.29, 0.717) is 0 Å². The molecular weight excluding hydrogens is 210 g/mol. The Morgan fingerprint density at radius 2 is 1.29 bits per heavy atom. The Bertz CT molecular complexity index is 155. The molecule has 1 saturated heterocycles. The molecule has 1 aliphatic heterocycles. The molecule has 1 rings (SSSR count). The van der Waals surface area contributed by atoms with Gasteiger partial charge in [0.1, 0.15) is 0 Å². The Balaban J connectivity index is 1.75. The van der Waals surface area contributed by atoms with Crippen molar-refractivity contribution in [2.75, 3.05) is 32.8 Å². The SMILES string of the molecule is [CH2]CCCCCCCCCCN1CCOCC1. The van der Waals surface area contributed by atoms with Crippen LogP contribution in [0.5, 0.6) is 0 Å². The molecule has 101 valence electrons. The molecule has 0 spiro atoms. The summed E-state index contributed by atoms with van der Waals surface area (Å²) in [7, 11) is 0. The monoisotopic (exact) mass is 240 g/mol. The molecule has 0 aliphatic carbocycles. The van der Waals surface area contributed by atoms with Crippen LogP contribution in [-0.2, 0) is 4.74 Å². The van der Waals surface area contributed by atoms with Crippen LogP contribution >= 0.6 is 0 Å². The highest BCUT2D eigenvalue weighted by molar-refractivity contribution is 4.61. The van der Waals surface area contributed by atoms with Crippen molar-refractivity contribution in [3.05, 3.63) is 6.92 Å². The van der Waals surface area contributed by atoms with Gasteiger partial charge in [0, 0.05) is 13.1 Å². The summed E-state index contributed by atoms with van der Waals surface area (Å²) in [4.78, 5) is 2.54. The normalized spacial score (nSPS) is 17.5. The molecule has 0 aromatic rings. The average Bonchev–Trinajstić information content (AvgIpc) is 2.38. The van der Waals surface area contributed by atoms with E-state index in [-0.39, 0.29) is 0 Å². The van der Waals surface area contributed by atoms with Crippen LogP contribution in [0, 0.1) is 6.92 Å². The smallest absolute Gasteiger partial charge is 0.0594 e. The fourth-order valence-corrected chi connectivity index (χ4v) is 2.40. The maximum atomic E-state index is 5.35. The fraction of sp³-hybridized carbons (Fsp3) is 0.933. The first-order chi connectivity index (χ1) is 8.43. The first-order valence-electron chi connectivity index (χ1n) is 7.53. The second-order valence-electron chi connectivity index (χ2n) is 5.14. The van der Waals surface area contributed by atoms with Gasteiger partial charge < -0.3 is 4.74 Å². The van der Waals surface area contributed by atoms with E-state index in [4.69, 9.17) is 4.74 Å². The molecule has 0 bridgehead atoms. The molecule has 1 radical (unpaired) electrons. The summed E-state index contributed by atoms with van der Waals surface area (Å²) in [5.74, 6) is 0. The minimum atomic E-state index is 0.937. The summed E-state index contributed by atoms with van der Waals surface area (Å²) in [6.45, 7) is 9.32. The molecule has 2 nitrogen and oxygen atoms in total. The maximum absolute atomic E-state index is 5.35. The van der Waals surface area contributed by atoms with Gasteiger partial charge in [-0.2, -0.15) is 0 Å². The molecule has 0 aromatic carbocycles. The van der Waals surface area contributed by atoms with Crippen molar-refractivity contribution in [1.82, 2.24) is 4.90 Å². The third kappa shape index (κ3) is 8.62. The lowest BCUT2D eigenvalue weighted by atomic mass is 10.1. The largest absolute Gasteiger partial charge is 0.379 e. The molecule has 17 heavy (non-hydrogen) atoms. The van der Waals surface area contributed by atoms with Crippen LogP contribution in [0.2, 0.25) is 0 Å². The Hall–Kier alpha value is -0.0800. The molecule has 0 unspecified atom stereocenters. The van der Waals surface area contributed by atoms with Crippen molar-refractivity contribution < 1.29 is 4.74 Å². The van der Waals surface area contributed by atoms with Crippen molar-refractivity contribution >= 4 is 0 Å². The molecular formula is C15H30NO. The molecule has 0 saturated carbocycles. The number of ether oxygens (including phenoxy) is 1. The van der Waals surface area contributed by atoms with Gasteiger partial charge in [0.2, 0.25) is 0 Å². The second kappa shape index (κ2) is 11.0. The topological polar surface area (TPSA) is 12.5 Å². The van der Waals surface area contributed by atoms with Crippen molar-refractivity contribution in [3.63, 3.8) is 0 Å². The predicted molar refractivity (Wildman–Crippen MR) is 74.2 cm³/mol. The summed E-state index contributed by atoms with van der Waals surface area (Å²) in [6, 6.07) is 0. The highest BCUT2D eigenvalue weighted by Crippen LogP contribution is 2.10. The van der Waals surface area contributed by atoms with Crippen LogP contribution in [0.3, 0.4) is 0 Å². The fourth-order valence-electron chi connectivity index (χ4n) is 2.40. The molecule has 2 heteroatoms. The summed E-state index contributed by atoms with van der Waals surface area (Å²) >= 11 is 0. The van der Waals surface area contributed by atoms with Gasteiger partial charge in [-0.1, -0.05) is 58.3 Å². The van der Waals surface area contributed by atoms with E-state index in [0.717, 1.165) is 32.7 Å². The van der Waals surface area contributed by atoms with E-state index >= 15 is 0 Å². The Morgan fingerprint density at radius 3 is 1.88 bits per heavy atom.